The lowest BCUT2D eigenvalue weighted by Crippen LogP contribution is -2.31. The topological polar surface area (TPSA) is 103 Å². The first-order chi connectivity index (χ1) is 16.3. The van der Waals surface area contributed by atoms with Crippen molar-refractivity contribution in [2.75, 3.05) is 23.8 Å². The van der Waals surface area contributed by atoms with E-state index in [0.29, 0.717) is 41.9 Å². The van der Waals surface area contributed by atoms with Crippen LogP contribution >= 0.6 is 15.9 Å². The van der Waals surface area contributed by atoms with Gasteiger partial charge in [0.05, 0.1) is 23.3 Å². The monoisotopic (exact) mass is 526 g/mol. The van der Waals surface area contributed by atoms with Crippen LogP contribution in [0.5, 0.6) is 11.5 Å². The summed E-state index contributed by atoms with van der Waals surface area (Å²) in [6, 6.07) is 9.03. The molecule has 1 aliphatic heterocycles. The Morgan fingerprint density at radius 1 is 1.18 bits per heavy atom. The van der Waals surface area contributed by atoms with Crippen molar-refractivity contribution >= 4 is 33.5 Å². The maximum Gasteiger partial charge on any atom is 0.255 e. The Bertz CT molecular complexity index is 1270. The highest BCUT2D eigenvalue weighted by Gasteiger charge is 2.35. The lowest BCUT2D eigenvalue weighted by atomic mass is 9.94. The first-order valence-electron chi connectivity index (χ1n) is 11.1. The zero-order chi connectivity index (χ0) is 24.4. The third-order valence-electron chi connectivity index (χ3n) is 5.75. The number of nitrogens with one attached hydrogen (secondary N) is 2. The zero-order valence-corrected chi connectivity index (χ0v) is 21.4. The molecule has 1 unspecified atom stereocenters. The molecule has 0 fully saturated rings. The maximum atomic E-state index is 13.7. The number of tetrazole rings is 1. The number of amides is 1. The maximum absolute atomic E-state index is 13.7. The zero-order valence-electron chi connectivity index (χ0n) is 19.8. The Kier molecular flexibility index (Phi) is 6.87. The molecule has 1 aliphatic rings. The van der Waals surface area contributed by atoms with Crippen molar-refractivity contribution in [3.63, 3.8) is 0 Å². The largest absolute Gasteiger partial charge is 0.490 e. The second-order valence-electron chi connectivity index (χ2n) is 7.91. The SMILES string of the molecule is CCOc1cc(C2C(C(=O)Nc3cccc(C)c3C)=C(C)Nc3nnnn32)cc(Br)c1OCC. The second-order valence-corrected chi connectivity index (χ2v) is 8.77. The van der Waals surface area contributed by atoms with Crippen LogP contribution in [-0.2, 0) is 4.79 Å². The number of fused-ring (bicyclic) bond motifs is 1. The first kappa shape index (κ1) is 23.7. The molecule has 2 heterocycles. The van der Waals surface area contributed by atoms with Gasteiger partial charge in [0.1, 0.15) is 6.04 Å². The molecule has 1 aromatic heterocycles. The number of carbonyl (C=O) groups excluding carboxylic acids is 1. The quantitative estimate of drug-likeness (QED) is 0.456. The predicted octanol–water partition coefficient (Wildman–Crippen LogP) is 4.78. The van der Waals surface area contributed by atoms with Crippen LogP contribution < -0.4 is 20.1 Å². The van der Waals surface area contributed by atoms with Gasteiger partial charge in [0.15, 0.2) is 11.5 Å². The molecule has 1 amide bonds. The highest BCUT2D eigenvalue weighted by molar-refractivity contribution is 9.10. The van der Waals surface area contributed by atoms with E-state index >= 15 is 0 Å². The summed E-state index contributed by atoms with van der Waals surface area (Å²) in [6.07, 6.45) is 0. The number of nitrogens with zero attached hydrogens (tertiary/aromatic N) is 4. The molecule has 0 saturated carbocycles. The molecule has 10 heteroatoms. The van der Waals surface area contributed by atoms with E-state index in [1.165, 1.54) is 0 Å². The van der Waals surface area contributed by atoms with E-state index in [9.17, 15) is 4.79 Å². The summed E-state index contributed by atoms with van der Waals surface area (Å²) in [5, 5.41) is 18.3. The number of aromatic nitrogens is 4. The molecule has 4 rings (SSSR count). The number of carbonyl (C=O) groups is 1. The number of aryl methyl sites for hydroxylation is 1. The van der Waals surface area contributed by atoms with Gasteiger partial charge < -0.3 is 20.1 Å². The van der Waals surface area contributed by atoms with E-state index < -0.39 is 6.04 Å². The second kappa shape index (κ2) is 9.84. The Hall–Kier alpha value is -3.40. The molecule has 34 heavy (non-hydrogen) atoms. The van der Waals surface area contributed by atoms with E-state index in [4.69, 9.17) is 9.47 Å². The van der Waals surface area contributed by atoms with Gasteiger partial charge in [-0.2, -0.15) is 4.68 Å². The Morgan fingerprint density at radius 2 is 1.94 bits per heavy atom. The van der Waals surface area contributed by atoms with Crippen molar-refractivity contribution in [3.8, 4) is 11.5 Å². The van der Waals surface area contributed by atoms with Gasteiger partial charge in [-0.25, -0.2) is 0 Å². The number of ether oxygens (including phenoxy) is 2. The number of benzene rings is 2. The van der Waals surface area contributed by atoms with Crippen LogP contribution in [0.15, 0.2) is 46.1 Å². The molecule has 0 spiro atoms. The summed E-state index contributed by atoms with van der Waals surface area (Å²) < 4.78 is 14.0. The van der Waals surface area contributed by atoms with Gasteiger partial charge in [0.2, 0.25) is 5.95 Å². The van der Waals surface area contributed by atoms with Crippen molar-refractivity contribution in [2.24, 2.45) is 0 Å². The van der Waals surface area contributed by atoms with Crippen molar-refractivity contribution in [1.82, 2.24) is 20.2 Å². The summed E-state index contributed by atoms with van der Waals surface area (Å²) in [6.45, 7) is 10.6. The number of rotatable bonds is 7. The van der Waals surface area contributed by atoms with Crippen LogP contribution in [0.25, 0.3) is 0 Å². The Morgan fingerprint density at radius 3 is 2.68 bits per heavy atom. The Balaban J connectivity index is 1.82. The molecule has 0 saturated heterocycles. The highest BCUT2D eigenvalue weighted by Crippen LogP contribution is 2.42. The molecule has 0 radical (unpaired) electrons. The van der Waals surface area contributed by atoms with Crippen LogP contribution in [0.2, 0.25) is 0 Å². The van der Waals surface area contributed by atoms with E-state index in [1.54, 1.807) is 4.68 Å². The molecule has 2 aromatic carbocycles. The summed E-state index contributed by atoms with van der Waals surface area (Å²) in [4.78, 5) is 13.7. The predicted molar refractivity (Wildman–Crippen MR) is 133 cm³/mol. The van der Waals surface area contributed by atoms with Crippen molar-refractivity contribution < 1.29 is 14.3 Å². The van der Waals surface area contributed by atoms with Crippen LogP contribution in [0, 0.1) is 13.8 Å². The average Bonchev–Trinajstić information content (AvgIpc) is 3.26. The lowest BCUT2D eigenvalue weighted by molar-refractivity contribution is -0.113. The van der Waals surface area contributed by atoms with Crippen molar-refractivity contribution in [3.05, 3.63) is 62.8 Å². The van der Waals surface area contributed by atoms with Gasteiger partial charge in [0.25, 0.3) is 5.91 Å². The molecule has 0 aliphatic carbocycles. The van der Waals surface area contributed by atoms with Crippen LogP contribution in [0.3, 0.4) is 0 Å². The minimum absolute atomic E-state index is 0.243. The van der Waals surface area contributed by atoms with Crippen LogP contribution in [0.1, 0.15) is 43.5 Å². The third-order valence-corrected chi connectivity index (χ3v) is 6.34. The number of hydrogen-bond acceptors (Lipinski definition) is 7. The van der Waals surface area contributed by atoms with Crippen molar-refractivity contribution in [1.29, 1.82) is 0 Å². The smallest absolute Gasteiger partial charge is 0.255 e. The van der Waals surface area contributed by atoms with Gasteiger partial charge in [-0.05, 0) is 95.9 Å². The van der Waals surface area contributed by atoms with E-state index in [-0.39, 0.29) is 5.91 Å². The summed E-state index contributed by atoms with van der Waals surface area (Å²) >= 11 is 3.61. The van der Waals surface area contributed by atoms with Crippen LogP contribution in [0.4, 0.5) is 11.6 Å². The van der Waals surface area contributed by atoms with Crippen LogP contribution in [-0.4, -0.2) is 39.3 Å². The minimum atomic E-state index is -0.581. The van der Waals surface area contributed by atoms with Gasteiger partial charge in [-0.3, -0.25) is 4.79 Å². The van der Waals surface area contributed by atoms with E-state index in [1.807, 2.05) is 65.0 Å². The standard InChI is InChI=1S/C24H27BrN6O3/c1-6-33-19-12-16(11-17(25)22(19)34-7-2)21-20(15(5)26-24-28-29-30-31(21)24)23(32)27-18-10-8-9-13(3)14(18)4/h8-12,21H,6-7H2,1-5H3,(H,27,32)(H,26,28,30). The minimum Gasteiger partial charge on any atom is -0.490 e. The average molecular weight is 527 g/mol. The molecule has 178 valence electrons. The highest BCUT2D eigenvalue weighted by atomic mass is 79.9. The normalized spacial score (nSPS) is 14.9. The van der Waals surface area contributed by atoms with E-state index in [2.05, 4.69) is 42.1 Å². The van der Waals surface area contributed by atoms with Gasteiger partial charge in [0, 0.05) is 11.4 Å². The molecule has 2 N–H and O–H groups in total. The third kappa shape index (κ3) is 4.37. The van der Waals surface area contributed by atoms with Crippen molar-refractivity contribution in [2.45, 2.75) is 40.7 Å². The fourth-order valence-corrected chi connectivity index (χ4v) is 4.56. The number of hydrogen-bond donors (Lipinski definition) is 2. The molecule has 0 bridgehead atoms. The summed E-state index contributed by atoms with van der Waals surface area (Å²) in [7, 11) is 0. The molecular formula is C24H27BrN6O3. The van der Waals surface area contributed by atoms with Gasteiger partial charge in [-0.1, -0.05) is 17.2 Å². The fourth-order valence-electron chi connectivity index (χ4n) is 3.98. The number of halogens is 1. The molecule has 3 aromatic rings. The summed E-state index contributed by atoms with van der Waals surface area (Å²) in [5.41, 5.74) is 4.81. The Labute approximate surface area is 206 Å². The first-order valence-corrected chi connectivity index (χ1v) is 11.9. The van der Waals surface area contributed by atoms with Gasteiger partial charge in [-0.15, -0.1) is 0 Å². The fraction of sp³-hybridized carbons (Fsp3) is 0.333. The number of allylic oxidation sites excluding steroid dienone is 1. The lowest BCUT2D eigenvalue weighted by Gasteiger charge is -2.29. The molecule has 1 atom stereocenters. The van der Waals surface area contributed by atoms with Gasteiger partial charge >= 0.3 is 0 Å². The van der Waals surface area contributed by atoms with E-state index in [0.717, 1.165) is 26.9 Å². The number of anilines is 2. The molecule has 9 nitrogen and oxygen atoms in total. The summed E-state index contributed by atoms with van der Waals surface area (Å²) in [5.74, 6) is 1.40. The molecular weight excluding hydrogens is 500 g/mol.